The van der Waals surface area contributed by atoms with Gasteiger partial charge in [-0.15, -0.1) is 0 Å². The molecule has 1 aromatic rings. The maximum absolute atomic E-state index is 11.7. The Bertz CT molecular complexity index is 386. The zero-order valence-corrected chi connectivity index (χ0v) is 11.1. The van der Waals surface area contributed by atoms with Crippen LogP contribution in [-0.4, -0.2) is 15.6 Å². The van der Waals surface area contributed by atoms with E-state index in [1.807, 2.05) is 0 Å². The summed E-state index contributed by atoms with van der Waals surface area (Å²) in [6.45, 7) is 4.30. The summed E-state index contributed by atoms with van der Waals surface area (Å²) in [5.74, 6) is 0.456. The van der Waals surface area contributed by atoms with Crippen molar-refractivity contribution < 1.29 is 0 Å². The van der Waals surface area contributed by atoms with Crippen LogP contribution in [-0.2, 0) is 7.05 Å². The second-order valence-corrected chi connectivity index (χ2v) is 4.59. The third-order valence-electron chi connectivity index (χ3n) is 2.89. The van der Waals surface area contributed by atoms with Gasteiger partial charge in [-0.3, -0.25) is 4.79 Å². The first-order valence-corrected chi connectivity index (χ1v) is 6.43. The second kappa shape index (κ2) is 7.09. The number of hydrogen-bond donors (Lipinski definition) is 1. The molecule has 0 radical (unpaired) electrons. The molecule has 1 atom stereocenters. The van der Waals surface area contributed by atoms with Crippen LogP contribution in [0.4, 0.5) is 5.82 Å². The number of rotatable bonds is 7. The highest BCUT2D eigenvalue weighted by Crippen LogP contribution is 2.07. The van der Waals surface area contributed by atoms with Crippen LogP contribution >= 0.6 is 0 Å². The minimum absolute atomic E-state index is 0.0621. The van der Waals surface area contributed by atoms with E-state index in [9.17, 15) is 4.79 Å². The number of aryl methyl sites for hydroxylation is 1. The highest BCUT2D eigenvalue weighted by atomic mass is 16.1. The van der Waals surface area contributed by atoms with Crippen LogP contribution in [0.25, 0.3) is 0 Å². The van der Waals surface area contributed by atoms with E-state index in [1.54, 1.807) is 24.0 Å². The number of unbranched alkanes of at least 4 members (excludes halogenated alkanes) is 3. The van der Waals surface area contributed by atoms with Crippen LogP contribution in [0, 0.1) is 0 Å². The van der Waals surface area contributed by atoms with Crippen molar-refractivity contribution in [2.45, 2.75) is 52.0 Å². The molecule has 1 rings (SSSR count). The van der Waals surface area contributed by atoms with E-state index in [2.05, 4.69) is 24.1 Å². The zero-order valence-electron chi connectivity index (χ0n) is 11.1. The van der Waals surface area contributed by atoms with E-state index in [0.29, 0.717) is 11.9 Å². The Balaban J connectivity index is 2.42. The molecule has 1 unspecified atom stereocenters. The van der Waals surface area contributed by atoms with Gasteiger partial charge in [0.15, 0.2) is 5.82 Å². The van der Waals surface area contributed by atoms with Gasteiger partial charge in [-0.05, 0) is 13.3 Å². The molecule has 1 N–H and O–H groups in total. The Morgan fingerprint density at radius 2 is 2.18 bits per heavy atom. The molecule has 0 spiro atoms. The first-order chi connectivity index (χ1) is 8.15. The van der Waals surface area contributed by atoms with Crippen molar-refractivity contribution in [2.75, 3.05) is 5.32 Å². The molecule has 0 saturated heterocycles. The molecule has 0 bridgehead atoms. The average Bonchev–Trinajstić information content (AvgIpc) is 2.31. The summed E-state index contributed by atoms with van der Waals surface area (Å²) < 4.78 is 1.54. The van der Waals surface area contributed by atoms with Gasteiger partial charge in [-0.1, -0.05) is 32.6 Å². The van der Waals surface area contributed by atoms with Crippen LogP contribution in [0.15, 0.2) is 17.2 Å². The summed E-state index contributed by atoms with van der Waals surface area (Å²) in [5, 5.41) is 3.18. The summed E-state index contributed by atoms with van der Waals surface area (Å²) in [4.78, 5) is 15.8. The molecule has 1 aromatic heterocycles. The van der Waals surface area contributed by atoms with Gasteiger partial charge >= 0.3 is 0 Å². The lowest BCUT2D eigenvalue weighted by atomic mass is 10.1. The van der Waals surface area contributed by atoms with Gasteiger partial charge in [0.05, 0.1) is 0 Å². The summed E-state index contributed by atoms with van der Waals surface area (Å²) in [7, 11) is 1.74. The smallest absolute Gasteiger partial charge is 0.293 e. The summed E-state index contributed by atoms with van der Waals surface area (Å²) in [6, 6.07) is 0.300. The normalized spacial score (nSPS) is 12.4. The van der Waals surface area contributed by atoms with Crippen LogP contribution in [0.1, 0.15) is 46.0 Å². The number of nitrogens with one attached hydrogen (secondary N) is 1. The Morgan fingerprint density at radius 1 is 1.41 bits per heavy atom. The molecule has 0 aliphatic carbocycles. The summed E-state index contributed by atoms with van der Waals surface area (Å²) in [5.41, 5.74) is -0.0621. The number of nitrogens with zero attached hydrogens (tertiary/aromatic N) is 2. The number of anilines is 1. The Labute approximate surface area is 103 Å². The van der Waals surface area contributed by atoms with Crippen LogP contribution in [0.5, 0.6) is 0 Å². The Kier molecular flexibility index (Phi) is 5.73. The molecule has 96 valence electrons. The SMILES string of the molecule is CCCCCCC(C)Nc1nccn(C)c1=O. The lowest BCUT2D eigenvalue weighted by Crippen LogP contribution is -2.26. The molecule has 0 aliphatic rings. The molecule has 0 amide bonds. The zero-order chi connectivity index (χ0) is 12.7. The molecule has 0 fully saturated rings. The van der Waals surface area contributed by atoms with Gasteiger partial charge in [0.25, 0.3) is 5.56 Å². The second-order valence-electron chi connectivity index (χ2n) is 4.59. The molecular formula is C13H23N3O. The maximum Gasteiger partial charge on any atom is 0.293 e. The molecular weight excluding hydrogens is 214 g/mol. The third-order valence-corrected chi connectivity index (χ3v) is 2.89. The van der Waals surface area contributed by atoms with E-state index >= 15 is 0 Å². The first kappa shape index (κ1) is 13.7. The minimum Gasteiger partial charge on any atom is -0.363 e. The van der Waals surface area contributed by atoms with Crippen molar-refractivity contribution in [3.63, 3.8) is 0 Å². The molecule has 0 aliphatic heterocycles. The van der Waals surface area contributed by atoms with Crippen LogP contribution in [0.2, 0.25) is 0 Å². The van der Waals surface area contributed by atoms with E-state index in [-0.39, 0.29) is 5.56 Å². The highest BCUT2D eigenvalue weighted by Gasteiger charge is 2.06. The van der Waals surface area contributed by atoms with Crippen molar-refractivity contribution in [1.82, 2.24) is 9.55 Å². The Hall–Kier alpha value is -1.32. The predicted molar refractivity (Wildman–Crippen MR) is 71.3 cm³/mol. The van der Waals surface area contributed by atoms with E-state index in [1.165, 1.54) is 25.7 Å². The first-order valence-electron chi connectivity index (χ1n) is 6.43. The van der Waals surface area contributed by atoms with E-state index in [0.717, 1.165) is 6.42 Å². The molecule has 4 heteroatoms. The fourth-order valence-corrected chi connectivity index (χ4v) is 1.78. The Morgan fingerprint density at radius 3 is 2.88 bits per heavy atom. The van der Waals surface area contributed by atoms with Gasteiger partial charge in [0, 0.05) is 25.5 Å². The van der Waals surface area contributed by atoms with Gasteiger partial charge < -0.3 is 9.88 Å². The topological polar surface area (TPSA) is 46.9 Å². The quantitative estimate of drug-likeness (QED) is 0.741. The average molecular weight is 237 g/mol. The van der Waals surface area contributed by atoms with E-state index < -0.39 is 0 Å². The molecule has 0 aromatic carbocycles. The molecule has 4 nitrogen and oxygen atoms in total. The van der Waals surface area contributed by atoms with Crippen LogP contribution in [0.3, 0.4) is 0 Å². The molecule has 17 heavy (non-hydrogen) atoms. The molecule has 1 heterocycles. The lowest BCUT2D eigenvalue weighted by molar-refractivity contribution is 0.592. The maximum atomic E-state index is 11.7. The van der Waals surface area contributed by atoms with Gasteiger partial charge in [0.2, 0.25) is 0 Å². The lowest BCUT2D eigenvalue weighted by Gasteiger charge is -2.14. The van der Waals surface area contributed by atoms with Crippen molar-refractivity contribution in [3.05, 3.63) is 22.7 Å². The van der Waals surface area contributed by atoms with E-state index in [4.69, 9.17) is 0 Å². The summed E-state index contributed by atoms with van der Waals surface area (Å²) >= 11 is 0. The largest absolute Gasteiger partial charge is 0.363 e. The standard InChI is InChI=1S/C13H23N3O/c1-4-5-6-7-8-11(2)15-12-13(17)16(3)10-9-14-12/h9-11H,4-8H2,1-3H3,(H,14,15). The fourth-order valence-electron chi connectivity index (χ4n) is 1.78. The minimum atomic E-state index is -0.0621. The van der Waals surface area contributed by atoms with Crippen LogP contribution < -0.4 is 10.9 Å². The van der Waals surface area contributed by atoms with Crippen molar-refractivity contribution in [2.24, 2.45) is 7.05 Å². The van der Waals surface area contributed by atoms with Gasteiger partial charge in [-0.25, -0.2) is 4.98 Å². The fraction of sp³-hybridized carbons (Fsp3) is 0.692. The van der Waals surface area contributed by atoms with Gasteiger partial charge in [-0.2, -0.15) is 0 Å². The van der Waals surface area contributed by atoms with Crippen molar-refractivity contribution in [1.29, 1.82) is 0 Å². The van der Waals surface area contributed by atoms with Gasteiger partial charge in [0.1, 0.15) is 0 Å². The van der Waals surface area contributed by atoms with Crippen molar-refractivity contribution in [3.8, 4) is 0 Å². The summed E-state index contributed by atoms with van der Waals surface area (Å²) in [6.07, 6.45) is 9.41. The highest BCUT2D eigenvalue weighted by molar-refractivity contribution is 5.31. The predicted octanol–water partition coefficient (Wildman–Crippen LogP) is 2.55. The number of hydrogen-bond acceptors (Lipinski definition) is 3. The molecule has 0 saturated carbocycles. The van der Waals surface area contributed by atoms with Crippen molar-refractivity contribution >= 4 is 5.82 Å². The number of aromatic nitrogens is 2. The monoisotopic (exact) mass is 237 g/mol. The third kappa shape index (κ3) is 4.59.